The molecule has 0 aromatic heterocycles. The van der Waals surface area contributed by atoms with Gasteiger partial charge in [0.1, 0.15) is 5.78 Å². The summed E-state index contributed by atoms with van der Waals surface area (Å²) in [5.74, 6) is -1.14. The molecule has 0 aliphatic heterocycles. The van der Waals surface area contributed by atoms with Crippen LogP contribution in [0.1, 0.15) is 37.7 Å². The maximum atomic E-state index is 13.5. The molecule has 1 aliphatic rings. The quantitative estimate of drug-likeness (QED) is 0.719. The molecule has 0 radical (unpaired) electrons. The summed E-state index contributed by atoms with van der Waals surface area (Å²) in [4.78, 5) is 11.5. The number of hydrogen-bond donors (Lipinski definition) is 0. The Bertz CT molecular complexity index is 415. The van der Waals surface area contributed by atoms with E-state index >= 15 is 0 Å². The first kappa shape index (κ1) is 12.2. The van der Waals surface area contributed by atoms with Gasteiger partial charge in [-0.05, 0) is 36.8 Å². The fourth-order valence-electron chi connectivity index (χ4n) is 2.47. The minimum absolute atomic E-state index is 0.168. The van der Waals surface area contributed by atoms with Gasteiger partial charge >= 0.3 is 0 Å². The molecule has 0 bridgehead atoms. The molecular weight excluding hydrogens is 222 g/mol. The molecule has 17 heavy (non-hydrogen) atoms. The number of rotatable bonds is 2. The van der Waals surface area contributed by atoms with Crippen LogP contribution in [0.25, 0.3) is 0 Å². The van der Waals surface area contributed by atoms with Crippen molar-refractivity contribution in [3.63, 3.8) is 0 Å². The van der Waals surface area contributed by atoms with E-state index < -0.39 is 11.6 Å². The van der Waals surface area contributed by atoms with Crippen molar-refractivity contribution >= 4 is 5.78 Å². The predicted octanol–water partition coefficient (Wildman–Crippen LogP) is 3.66. The lowest BCUT2D eigenvalue weighted by Crippen LogP contribution is -2.09. The molecule has 1 saturated carbocycles. The van der Waals surface area contributed by atoms with Crippen LogP contribution < -0.4 is 0 Å². The van der Waals surface area contributed by atoms with Gasteiger partial charge in [0.05, 0.1) is 0 Å². The van der Waals surface area contributed by atoms with Gasteiger partial charge in [0.15, 0.2) is 11.6 Å². The minimum Gasteiger partial charge on any atom is -0.300 e. The molecule has 1 unspecified atom stereocenters. The topological polar surface area (TPSA) is 17.1 Å². The Hall–Kier alpha value is -1.25. The van der Waals surface area contributed by atoms with Crippen LogP contribution in [0.3, 0.4) is 0 Å². The largest absolute Gasteiger partial charge is 0.300 e. The van der Waals surface area contributed by atoms with Gasteiger partial charge in [0.2, 0.25) is 0 Å². The Morgan fingerprint density at radius 1 is 1.24 bits per heavy atom. The van der Waals surface area contributed by atoms with Crippen molar-refractivity contribution in [3.05, 3.63) is 35.4 Å². The molecule has 3 heteroatoms. The van der Waals surface area contributed by atoms with Crippen LogP contribution in [0.4, 0.5) is 8.78 Å². The molecule has 0 spiro atoms. The van der Waals surface area contributed by atoms with Gasteiger partial charge in [-0.15, -0.1) is 0 Å². The Morgan fingerprint density at radius 2 is 2.06 bits per heavy atom. The second-order valence-corrected chi connectivity index (χ2v) is 4.77. The van der Waals surface area contributed by atoms with E-state index in [4.69, 9.17) is 0 Å². The first-order valence-corrected chi connectivity index (χ1v) is 6.11. The number of carbonyl (C=O) groups excluding carboxylic acids is 1. The van der Waals surface area contributed by atoms with Crippen LogP contribution in [0.15, 0.2) is 18.2 Å². The summed E-state index contributed by atoms with van der Waals surface area (Å²) in [6, 6.07) is 4.25. The molecule has 1 atom stereocenters. The lowest BCUT2D eigenvalue weighted by molar-refractivity contribution is -0.119. The summed E-state index contributed by atoms with van der Waals surface area (Å²) in [6.45, 7) is 0. The number of Topliss-reactive ketones (excluding diaryl/α,β-unsaturated/α-hetero) is 1. The van der Waals surface area contributed by atoms with Gasteiger partial charge in [0, 0.05) is 12.8 Å². The average Bonchev–Trinajstić information content (AvgIpc) is 2.49. The van der Waals surface area contributed by atoms with E-state index in [-0.39, 0.29) is 11.7 Å². The van der Waals surface area contributed by atoms with E-state index in [1.165, 1.54) is 6.07 Å². The lowest BCUT2D eigenvalue weighted by Gasteiger charge is -2.13. The molecule has 1 fully saturated rings. The van der Waals surface area contributed by atoms with E-state index in [1.807, 2.05) is 0 Å². The Morgan fingerprint density at radius 3 is 2.88 bits per heavy atom. The van der Waals surface area contributed by atoms with E-state index in [0.717, 1.165) is 25.3 Å². The highest BCUT2D eigenvalue weighted by Crippen LogP contribution is 2.25. The average molecular weight is 238 g/mol. The molecule has 1 aromatic carbocycles. The zero-order valence-corrected chi connectivity index (χ0v) is 9.72. The predicted molar refractivity (Wildman–Crippen MR) is 61.6 cm³/mol. The molecule has 92 valence electrons. The van der Waals surface area contributed by atoms with E-state index in [9.17, 15) is 13.6 Å². The zero-order valence-electron chi connectivity index (χ0n) is 9.72. The number of benzene rings is 1. The summed E-state index contributed by atoms with van der Waals surface area (Å²) in [5.41, 5.74) is 0.393. The fourth-order valence-corrected chi connectivity index (χ4v) is 2.47. The van der Waals surface area contributed by atoms with Crippen LogP contribution in [0, 0.1) is 17.6 Å². The van der Waals surface area contributed by atoms with Crippen LogP contribution in [-0.4, -0.2) is 5.78 Å². The molecule has 0 heterocycles. The Labute approximate surface area is 99.8 Å². The first-order valence-electron chi connectivity index (χ1n) is 6.11. The van der Waals surface area contributed by atoms with E-state index in [2.05, 4.69) is 0 Å². The van der Waals surface area contributed by atoms with Crippen LogP contribution in [0.5, 0.6) is 0 Å². The van der Waals surface area contributed by atoms with Gasteiger partial charge in [-0.2, -0.15) is 0 Å². The summed E-state index contributed by atoms with van der Waals surface area (Å²) < 4.78 is 26.5. The van der Waals surface area contributed by atoms with Gasteiger partial charge < -0.3 is 0 Å². The second-order valence-electron chi connectivity index (χ2n) is 4.77. The normalized spacial score (nSPS) is 21.3. The maximum absolute atomic E-state index is 13.5. The number of carbonyl (C=O) groups is 1. The zero-order chi connectivity index (χ0) is 12.3. The van der Waals surface area contributed by atoms with Crippen LogP contribution >= 0.6 is 0 Å². The Balaban J connectivity index is 2.09. The third-order valence-corrected chi connectivity index (χ3v) is 3.37. The van der Waals surface area contributed by atoms with Crippen molar-refractivity contribution in [2.45, 2.75) is 38.5 Å². The summed E-state index contributed by atoms with van der Waals surface area (Å²) >= 11 is 0. The molecule has 0 saturated heterocycles. The van der Waals surface area contributed by atoms with E-state index in [0.29, 0.717) is 24.8 Å². The SMILES string of the molecule is O=C1CCCCC(Cc2cccc(F)c2F)C1. The number of halogens is 2. The highest BCUT2D eigenvalue weighted by molar-refractivity contribution is 5.78. The fraction of sp³-hybridized carbons (Fsp3) is 0.500. The van der Waals surface area contributed by atoms with Gasteiger partial charge in [0.25, 0.3) is 0 Å². The van der Waals surface area contributed by atoms with Crippen molar-refractivity contribution in [1.82, 2.24) is 0 Å². The third-order valence-electron chi connectivity index (χ3n) is 3.37. The van der Waals surface area contributed by atoms with Crippen LogP contribution in [-0.2, 0) is 11.2 Å². The molecular formula is C14H16F2O. The molecule has 1 aromatic rings. The van der Waals surface area contributed by atoms with Gasteiger partial charge in [-0.25, -0.2) is 8.78 Å². The Kier molecular flexibility index (Phi) is 3.87. The third kappa shape index (κ3) is 3.11. The molecule has 2 rings (SSSR count). The highest BCUT2D eigenvalue weighted by Gasteiger charge is 2.20. The van der Waals surface area contributed by atoms with Gasteiger partial charge in [-0.1, -0.05) is 18.6 Å². The smallest absolute Gasteiger partial charge is 0.162 e. The van der Waals surface area contributed by atoms with Crippen molar-refractivity contribution < 1.29 is 13.6 Å². The monoisotopic (exact) mass is 238 g/mol. The maximum Gasteiger partial charge on any atom is 0.162 e. The van der Waals surface area contributed by atoms with Crippen molar-refractivity contribution in [2.24, 2.45) is 5.92 Å². The summed E-state index contributed by atoms with van der Waals surface area (Å²) in [5, 5.41) is 0. The molecule has 0 N–H and O–H groups in total. The standard InChI is InChI=1S/C14H16F2O/c15-13-7-3-5-11(14(13)16)8-10-4-1-2-6-12(17)9-10/h3,5,7,10H,1-2,4,6,8-9H2. The summed E-state index contributed by atoms with van der Waals surface area (Å²) in [6.07, 6.45) is 4.49. The number of hydrogen-bond acceptors (Lipinski definition) is 1. The second kappa shape index (κ2) is 5.39. The summed E-state index contributed by atoms with van der Waals surface area (Å²) in [7, 11) is 0. The van der Waals surface area contributed by atoms with Crippen molar-refractivity contribution in [1.29, 1.82) is 0 Å². The van der Waals surface area contributed by atoms with Gasteiger partial charge in [-0.3, -0.25) is 4.79 Å². The minimum atomic E-state index is -0.803. The number of ketones is 1. The molecule has 1 aliphatic carbocycles. The first-order chi connectivity index (χ1) is 8.16. The van der Waals surface area contributed by atoms with Crippen molar-refractivity contribution in [3.8, 4) is 0 Å². The molecule has 1 nitrogen and oxygen atoms in total. The highest BCUT2D eigenvalue weighted by atomic mass is 19.2. The lowest BCUT2D eigenvalue weighted by atomic mass is 9.92. The molecule has 0 amide bonds. The van der Waals surface area contributed by atoms with Crippen LogP contribution in [0.2, 0.25) is 0 Å². The van der Waals surface area contributed by atoms with E-state index in [1.54, 1.807) is 6.07 Å². The van der Waals surface area contributed by atoms with Crippen molar-refractivity contribution in [2.75, 3.05) is 0 Å².